The van der Waals surface area contributed by atoms with Gasteiger partial charge in [-0.3, -0.25) is 4.79 Å². The zero-order chi connectivity index (χ0) is 19.7. The number of carbonyl (C=O) groups excluding carboxylic acids is 1. The van der Waals surface area contributed by atoms with Crippen molar-refractivity contribution >= 4 is 5.91 Å². The van der Waals surface area contributed by atoms with Gasteiger partial charge >= 0.3 is 0 Å². The number of aryl methyl sites for hydroxylation is 3. The number of hydrogen-bond acceptors (Lipinski definition) is 2. The summed E-state index contributed by atoms with van der Waals surface area (Å²) in [6.45, 7) is 7.63. The first-order chi connectivity index (χ1) is 13.5. The monoisotopic (exact) mass is 373 g/mol. The van der Waals surface area contributed by atoms with Crippen molar-refractivity contribution in [2.24, 2.45) is 0 Å². The van der Waals surface area contributed by atoms with Gasteiger partial charge in [-0.25, -0.2) is 4.98 Å². The number of hydrogen-bond donors (Lipinski definition) is 0. The van der Waals surface area contributed by atoms with Crippen LogP contribution in [0.15, 0.2) is 54.9 Å². The third-order valence-electron chi connectivity index (χ3n) is 5.51. The van der Waals surface area contributed by atoms with Crippen molar-refractivity contribution in [1.29, 1.82) is 0 Å². The number of rotatable bonds is 6. The molecule has 0 aliphatic heterocycles. The van der Waals surface area contributed by atoms with Gasteiger partial charge in [0.25, 0.3) is 5.91 Å². The maximum Gasteiger partial charge on any atom is 0.254 e. The minimum absolute atomic E-state index is 0.101. The van der Waals surface area contributed by atoms with Crippen molar-refractivity contribution in [1.82, 2.24) is 14.5 Å². The zero-order valence-electron chi connectivity index (χ0n) is 16.9. The van der Waals surface area contributed by atoms with Crippen molar-refractivity contribution in [2.45, 2.75) is 52.7 Å². The highest BCUT2D eigenvalue weighted by Gasteiger charge is 2.33. The van der Waals surface area contributed by atoms with Gasteiger partial charge in [-0.1, -0.05) is 41.5 Å². The van der Waals surface area contributed by atoms with E-state index >= 15 is 0 Å². The largest absolute Gasteiger partial charge is 0.329 e. The van der Waals surface area contributed by atoms with Gasteiger partial charge in [-0.15, -0.1) is 0 Å². The predicted octanol–water partition coefficient (Wildman–Crippen LogP) is 4.66. The average Bonchev–Trinajstić information content (AvgIpc) is 3.43. The van der Waals surface area contributed by atoms with Gasteiger partial charge in [0.2, 0.25) is 0 Å². The molecule has 2 aromatic carbocycles. The van der Waals surface area contributed by atoms with Crippen molar-refractivity contribution in [2.75, 3.05) is 0 Å². The third-order valence-corrected chi connectivity index (χ3v) is 5.51. The Bertz CT molecular complexity index is 983. The van der Waals surface area contributed by atoms with Gasteiger partial charge < -0.3 is 9.47 Å². The van der Waals surface area contributed by atoms with Crippen molar-refractivity contribution in [3.05, 3.63) is 88.5 Å². The van der Waals surface area contributed by atoms with E-state index in [1.165, 1.54) is 22.3 Å². The van der Waals surface area contributed by atoms with E-state index in [0.29, 0.717) is 12.6 Å². The summed E-state index contributed by atoms with van der Waals surface area (Å²) in [7, 11) is 0. The van der Waals surface area contributed by atoms with E-state index in [4.69, 9.17) is 0 Å². The van der Waals surface area contributed by atoms with E-state index in [9.17, 15) is 4.79 Å². The molecular weight excluding hydrogens is 346 g/mol. The maximum atomic E-state index is 13.1. The molecule has 0 spiro atoms. The molecule has 3 aromatic rings. The molecule has 0 atom stereocenters. The second kappa shape index (κ2) is 7.63. The van der Waals surface area contributed by atoms with Crippen LogP contribution in [0.1, 0.15) is 51.3 Å². The molecule has 1 aliphatic carbocycles. The molecule has 1 aromatic heterocycles. The Hall–Kier alpha value is -2.88. The number of benzene rings is 2. The van der Waals surface area contributed by atoms with E-state index in [0.717, 1.165) is 30.8 Å². The summed E-state index contributed by atoms with van der Waals surface area (Å²) in [5, 5.41) is 0. The standard InChI is InChI=1S/C24H27N3O/c1-17-5-8-20(9-6-17)24(28)27(22-10-11-22)16-23-25-12-13-26(23)15-21-14-18(2)4-7-19(21)3/h4-9,12-14,22H,10-11,15-16H2,1-3H3. The highest BCUT2D eigenvalue weighted by atomic mass is 16.2. The van der Waals surface area contributed by atoms with E-state index < -0.39 is 0 Å². The molecule has 0 N–H and O–H groups in total. The molecule has 0 saturated heterocycles. The Morgan fingerprint density at radius 1 is 1.07 bits per heavy atom. The van der Waals surface area contributed by atoms with E-state index in [2.05, 4.69) is 41.6 Å². The Kier molecular flexibility index (Phi) is 5.03. The van der Waals surface area contributed by atoms with Crippen LogP contribution in [0.4, 0.5) is 0 Å². The lowest BCUT2D eigenvalue weighted by Gasteiger charge is -2.23. The lowest BCUT2D eigenvalue weighted by atomic mass is 10.1. The summed E-state index contributed by atoms with van der Waals surface area (Å²) in [6, 6.07) is 14.7. The molecule has 1 fully saturated rings. The number of nitrogens with zero attached hydrogens (tertiary/aromatic N) is 3. The fourth-order valence-corrected chi connectivity index (χ4v) is 3.56. The average molecular weight is 374 g/mol. The van der Waals surface area contributed by atoms with Crippen LogP contribution < -0.4 is 0 Å². The van der Waals surface area contributed by atoms with Gasteiger partial charge in [-0.05, 0) is 56.9 Å². The minimum atomic E-state index is 0.101. The molecule has 0 radical (unpaired) electrons. The molecule has 0 bridgehead atoms. The normalized spacial score (nSPS) is 13.5. The van der Waals surface area contributed by atoms with Gasteiger partial charge in [0.1, 0.15) is 5.82 Å². The minimum Gasteiger partial charge on any atom is -0.329 e. The van der Waals surface area contributed by atoms with Crippen LogP contribution in [-0.4, -0.2) is 26.4 Å². The second-order valence-corrected chi connectivity index (χ2v) is 7.93. The molecule has 4 rings (SSSR count). The van der Waals surface area contributed by atoms with Crippen LogP contribution in [-0.2, 0) is 13.1 Å². The van der Waals surface area contributed by atoms with Crippen LogP contribution >= 0.6 is 0 Å². The van der Waals surface area contributed by atoms with Crippen LogP contribution in [0.2, 0.25) is 0 Å². The number of aromatic nitrogens is 2. The first-order valence-corrected chi connectivity index (χ1v) is 9.95. The van der Waals surface area contributed by atoms with Gasteiger partial charge in [0.15, 0.2) is 0 Å². The molecule has 0 unspecified atom stereocenters. The summed E-state index contributed by atoms with van der Waals surface area (Å²) in [4.78, 5) is 19.7. The topological polar surface area (TPSA) is 38.1 Å². The lowest BCUT2D eigenvalue weighted by Crippen LogP contribution is -2.33. The molecule has 4 nitrogen and oxygen atoms in total. The van der Waals surface area contributed by atoms with Crippen molar-refractivity contribution < 1.29 is 4.79 Å². The zero-order valence-corrected chi connectivity index (χ0v) is 16.9. The summed E-state index contributed by atoms with van der Waals surface area (Å²) >= 11 is 0. The number of carbonyl (C=O) groups is 1. The summed E-state index contributed by atoms with van der Waals surface area (Å²) in [6.07, 6.45) is 6.00. The van der Waals surface area contributed by atoms with Gasteiger partial charge in [0, 0.05) is 30.5 Å². The molecular formula is C24H27N3O. The predicted molar refractivity (Wildman–Crippen MR) is 111 cm³/mol. The molecule has 28 heavy (non-hydrogen) atoms. The SMILES string of the molecule is Cc1ccc(C(=O)N(Cc2nccn2Cc2cc(C)ccc2C)C2CC2)cc1. The first kappa shape index (κ1) is 18.5. The number of amides is 1. The van der Waals surface area contributed by atoms with Gasteiger partial charge in [-0.2, -0.15) is 0 Å². The molecule has 1 aliphatic rings. The Labute approximate surface area is 166 Å². The molecule has 1 heterocycles. The number of imidazole rings is 1. The quantitative estimate of drug-likeness (QED) is 0.630. The molecule has 1 saturated carbocycles. The van der Waals surface area contributed by atoms with E-state index in [-0.39, 0.29) is 5.91 Å². The van der Waals surface area contributed by atoms with E-state index in [1.54, 1.807) is 0 Å². The smallest absolute Gasteiger partial charge is 0.254 e. The van der Waals surface area contributed by atoms with Crippen LogP contribution in [0, 0.1) is 20.8 Å². The van der Waals surface area contributed by atoms with E-state index in [1.807, 2.05) is 48.5 Å². The second-order valence-electron chi connectivity index (χ2n) is 7.93. The fraction of sp³-hybridized carbons (Fsp3) is 0.333. The van der Waals surface area contributed by atoms with Crippen LogP contribution in [0.5, 0.6) is 0 Å². The highest BCUT2D eigenvalue weighted by molar-refractivity contribution is 5.94. The third kappa shape index (κ3) is 4.01. The molecule has 1 amide bonds. The summed E-state index contributed by atoms with van der Waals surface area (Å²) in [5.74, 6) is 1.04. The van der Waals surface area contributed by atoms with Crippen LogP contribution in [0.25, 0.3) is 0 Å². The van der Waals surface area contributed by atoms with Crippen molar-refractivity contribution in [3.8, 4) is 0 Å². The van der Waals surface area contributed by atoms with Gasteiger partial charge in [0.05, 0.1) is 6.54 Å². The fourth-order valence-electron chi connectivity index (χ4n) is 3.56. The molecule has 144 valence electrons. The first-order valence-electron chi connectivity index (χ1n) is 9.95. The Balaban J connectivity index is 1.56. The Morgan fingerprint density at radius 2 is 1.79 bits per heavy atom. The lowest BCUT2D eigenvalue weighted by molar-refractivity contribution is 0.0723. The Morgan fingerprint density at radius 3 is 2.50 bits per heavy atom. The summed E-state index contributed by atoms with van der Waals surface area (Å²) < 4.78 is 2.17. The highest BCUT2D eigenvalue weighted by Crippen LogP contribution is 2.30. The van der Waals surface area contributed by atoms with Crippen molar-refractivity contribution in [3.63, 3.8) is 0 Å². The van der Waals surface area contributed by atoms with Crippen LogP contribution in [0.3, 0.4) is 0 Å². The summed E-state index contributed by atoms with van der Waals surface area (Å²) in [5.41, 5.74) is 5.75. The molecule has 4 heteroatoms. The maximum absolute atomic E-state index is 13.1.